The van der Waals surface area contributed by atoms with Crippen molar-refractivity contribution in [1.29, 1.82) is 5.41 Å². The van der Waals surface area contributed by atoms with Crippen LogP contribution in [0.15, 0.2) is 35.7 Å². The molecule has 0 unspecified atom stereocenters. The summed E-state index contributed by atoms with van der Waals surface area (Å²) < 4.78 is 5.13. The summed E-state index contributed by atoms with van der Waals surface area (Å²) in [6.45, 7) is 6.39. The summed E-state index contributed by atoms with van der Waals surface area (Å²) in [7, 11) is 0. The first-order chi connectivity index (χ1) is 13.9. The first-order valence-electron chi connectivity index (χ1n) is 9.63. The highest BCUT2D eigenvalue weighted by atomic mass is 35.5. The molecule has 1 aromatic rings. The standard InChI is InChI=1S/C20H28ClN5O3/c1-2-16(22)18(19(23)25-9-12-26-10-7-24-8-11-26)20(28)29-13-17(27)14-5-3-4-6-15(14)21/h3-6,22,24-25H,2,7-13,23H2,1H3/b19-18+,22-16?. The van der Waals surface area contributed by atoms with Gasteiger partial charge in [0.15, 0.2) is 6.61 Å². The fourth-order valence-electron chi connectivity index (χ4n) is 2.91. The lowest BCUT2D eigenvalue weighted by atomic mass is 10.1. The topological polar surface area (TPSA) is 121 Å². The Morgan fingerprint density at radius 2 is 2.00 bits per heavy atom. The van der Waals surface area contributed by atoms with Gasteiger partial charge in [-0.1, -0.05) is 30.7 Å². The number of esters is 1. The lowest BCUT2D eigenvalue weighted by Gasteiger charge is -2.27. The van der Waals surface area contributed by atoms with E-state index in [1.54, 1.807) is 31.2 Å². The Bertz CT molecular complexity index is 775. The first-order valence-corrected chi connectivity index (χ1v) is 10.0. The Hall–Kier alpha value is -2.42. The van der Waals surface area contributed by atoms with E-state index in [1.807, 2.05) is 0 Å². The molecule has 1 aromatic carbocycles. The molecule has 5 N–H and O–H groups in total. The van der Waals surface area contributed by atoms with Crippen molar-refractivity contribution < 1.29 is 14.3 Å². The van der Waals surface area contributed by atoms with Gasteiger partial charge in [-0.2, -0.15) is 0 Å². The minimum atomic E-state index is -0.801. The van der Waals surface area contributed by atoms with Crippen molar-refractivity contribution in [2.45, 2.75) is 13.3 Å². The molecule has 0 aliphatic carbocycles. The number of ether oxygens (including phenoxy) is 1. The number of carbonyl (C=O) groups is 2. The minimum absolute atomic E-state index is 0.0419. The van der Waals surface area contributed by atoms with E-state index in [-0.39, 0.29) is 22.7 Å². The zero-order chi connectivity index (χ0) is 21.2. The predicted molar refractivity (Wildman–Crippen MR) is 113 cm³/mol. The van der Waals surface area contributed by atoms with Crippen molar-refractivity contribution in [3.63, 3.8) is 0 Å². The number of piperazine rings is 1. The number of carbonyl (C=O) groups excluding carboxylic acids is 2. The number of nitrogens with zero attached hydrogens (tertiary/aromatic N) is 1. The molecule has 2 rings (SSSR count). The fraction of sp³-hybridized carbons (Fsp3) is 0.450. The number of ketones is 1. The zero-order valence-electron chi connectivity index (χ0n) is 16.6. The van der Waals surface area contributed by atoms with Gasteiger partial charge in [0.05, 0.1) is 5.02 Å². The molecule has 158 valence electrons. The average molecular weight is 422 g/mol. The highest BCUT2D eigenvalue weighted by Gasteiger charge is 2.22. The Morgan fingerprint density at radius 3 is 2.66 bits per heavy atom. The number of benzene rings is 1. The van der Waals surface area contributed by atoms with Crippen LogP contribution in [0.1, 0.15) is 23.7 Å². The third-order valence-electron chi connectivity index (χ3n) is 4.59. The zero-order valence-corrected chi connectivity index (χ0v) is 17.3. The normalized spacial score (nSPS) is 15.4. The van der Waals surface area contributed by atoms with Gasteiger partial charge in [0.2, 0.25) is 5.78 Å². The third kappa shape index (κ3) is 6.85. The van der Waals surface area contributed by atoms with Crippen LogP contribution < -0.4 is 16.4 Å². The summed E-state index contributed by atoms with van der Waals surface area (Å²) in [5, 5.41) is 14.6. The van der Waals surface area contributed by atoms with Gasteiger partial charge >= 0.3 is 5.97 Å². The summed E-state index contributed by atoms with van der Waals surface area (Å²) in [5.41, 5.74) is 6.33. The summed E-state index contributed by atoms with van der Waals surface area (Å²) in [6.07, 6.45) is 0.309. The quantitative estimate of drug-likeness (QED) is 0.193. The summed E-state index contributed by atoms with van der Waals surface area (Å²) >= 11 is 6.00. The number of rotatable bonds is 10. The second kappa shape index (κ2) is 11.5. The number of hydrogen-bond acceptors (Lipinski definition) is 8. The smallest absolute Gasteiger partial charge is 0.344 e. The predicted octanol–water partition coefficient (Wildman–Crippen LogP) is 1.16. The monoisotopic (exact) mass is 421 g/mol. The van der Waals surface area contributed by atoms with E-state index in [9.17, 15) is 9.59 Å². The first kappa shape index (κ1) is 22.9. The van der Waals surface area contributed by atoms with E-state index >= 15 is 0 Å². The molecule has 1 fully saturated rings. The van der Waals surface area contributed by atoms with Crippen LogP contribution >= 0.6 is 11.6 Å². The summed E-state index contributed by atoms with van der Waals surface area (Å²) in [4.78, 5) is 27.1. The molecule has 0 amide bonds. The molecule has 1 saturated heterocycles. The van der Waals surface area contributed by atoms with Crippen LogP contribution in [-0.4, -0.2) is 68.2 Å². The molecule has 1 heterocycles. The minimum Gasteiger partial charge on any atom is -0.454 e. The molecule has 1 aliphatic rings. The fourth-order valence-corrected chi connectivity index (χ4v) is 3.15. The molecule has 9 heteroatoms. The van der Waals surface area contributed by atoms with Crippen molar-refractivity contribution in [2.75, 3.05) is 45.9 Å². The van der Waals surface area contributed by atoms with Gasteiger partial charge in [-0.3, -0.25) is 9.69 Å². The van der Waals surface area contributed by atoms with E-state index in [1.165, 1.54) is 0 Å². The van der Waals surface area contributed by atoms with Crippen molar-refractivity contribution in [3.8, 4) is 0 Å². The molecule has 0 saturated carbocycles. The van der Waals surface area contributed by atoms with E-state index in [2.05, 4.69) is 15.5 Å². The van der Waals surface area contributed by atoms with Crippen molar-refractivity contribution in [1.82, 2.24) is 15.5 Å². The van der Waals surface area contributed by atoms with Gasteiger partial charge in [0.1, 0.15) is 11.4 Å². The molecular weight excluding hydrogens is 394 g/mol. The highest BCUT2D eigenvalue weighted by Crippen LogP contribution is 2.16. The summed E-state index contributed by atoms with van der Waals surface area (Å²) in [5.74, 6) is -1.14. The maximum atomic E-state index is 12.5. The Labute approximate surface area is 175 Å². The number of hydrogen-bond donors (Lipinski definition) is 4. The molecule has 0 bridgehead atoms. The maximum absolute atomic E-state index is 12.5. The van der Waals surface area contributed by atoms with Crippen LogP contribution in [0.4, 0.5) is 0 Å². The van der Waals surface area contributed by atoms with Crippen LogP contribution in [0.2, 0.25) is 5.02 Å². The Kier molecular flexibility index (Phi) is 9.11. The van der Waals surface area contributed by atoms with Gasteiger partial charge < -0.3 is 26.5 Å². The number of nitrogens with one attached hydrogen (secondary N) is 3. The lowest BCUT2D eigenvalue weighted by molar-refractivity contribution is -0.137. The Morgan fingerprint density at radius 1 is 1.31 bits per heavy atom. The molecule has 0 radical (unpaired) electrons. The second-order valence-corrected chi connectivity index (χ2v) is 7.03. The van der Waals surface area contributed by atoms with Crippen LogP contribution in [0, 0.1) is 5.41 Å². The molecule has 0 atom stereocenters. The SMILES string of the molecule is CCC(=N)/C(C(=O)OCC(=O)c1ccccc1Cl)=C(/N)NCCN1CCNCC1. The van der Waals surface area contributed by atoms with Crippen molar-refractivity contribution in [3.05, 3.63) is 46.2 Å². The van der Waals surface area contributed by atoms with Crippen molar-refractivity contribution >= 4 is 29.1 Å². The van der Waals surface area contributed by atoms with Crippen LogP contribution in [0.3, 0.4) is 0 Å². The van der Waals surface area contributed by atoms with Gasteiger partial charge in [0.25, 0.3) is 0 Å². The van der Waals surface area contributed by atoms with E-state index < -0.39 is 18.4 Å². The molecular formula is C20H28ClN5O3. The maximum Gasteiger partial charge on any atom is 0.344 e. The van der Waals surface area contributed by atoms with Gasteiger partial charge in [-0.05, 0) is 18.6 Å². The van der Waals surface area contributed by atoms with Crippen LogP contribution in [0.5, 0.6) is 0 Å². The largest absolute Gasteiger partial charge is 0.454 e. The summed E-state index contributed by atoms with van der Waals surface area (Å²) in [6, 6.07) is 6.55. The molecule has 1 aliphatic heterocycles. The molecule has 0 aromatic heterocycles. The lowest BCUT2D eigenvalue weighted by Crippen LogP contribution is -2.46. The number of halogens is 1. The van der Waals surface area contributed by atoms with E-state index in [4.69, 9.17) is 27.5 Å². The van der Waals surface area contributed by atoms with Crippen LogP contribution in [-0.2, 0) is 9.53 Å². The molecule has 0 spiro atoms. The van der Waals surface area contributed by atoms with Gasteiger partial charge in [0, 0.05) is 50.5 Å². The third-order valence-corrected chi connectivity index (χ3v) is 4.92. The number of Topliss-reactive ketones (excluding diaryl/α,β-unsaturated/α-hetero) is 1. The van der Waals surface area contributed by atoms with Gasteiger partial charge in [-0.15, -0.1) is 0 Å². The van der Waals surface area contributed by atoms with Crippen LogP contribution in [0.25, 0.3) is 0 Å². The van der Waals surface area contributed by atoms with Gasteiger partial charge in [-0.25, -0.2) is 4.79 Å². The van der Waals surface area contributed by atoms with E-state index in [0.717, 1.165) is 32.7 Å². The Balaban J connectivity index is 1.97. The second-order valence-electron chi connectivity index (χ2n) is 6.62. The number of nitrogens with two attached hydrogens (primary N) is 1. The molecule has 8 nitrogen and oxygen atoms in total. The average Bonchev–Trinajstić information content (AvgIpc) is 2.73. The molecule has 29 heavy (non-hydrogen) atoms. The van der Waals surface area contributed by atoms with E-state index in [0.29, 0.717) is 18.0 Å². The van der Waals surface area contributed by atoms with Crippen molar-refractivity contribution in [2.24, 2.45) is 5.73 Å². The highest BCUT2D eigenvalue weighted by molar-refractivity contribution is 6.34.